The molecule has 0 aliphatic heterocycles. The first kappa shape index (κ1) is 11.7. The third-order valence-electron chi connectivity index (χ3n) is 0.757. The number of nitriles is 2. The van der Waals surface area contributed by atoms with Gasteiger partial charge in [-0.1, -0.05) is 0 Å². The molecule has 0 unspecified atom stereocenters. The first-order valence-corrected chi connectivity index (χ1v) is 2.78. The van der Waals surface area contributed by atoms with Gasteiger partial charge in [0, 0.05) is 0 Å². The minimum Gasteiger partial charge on any atom is -0.419 e. The summed E-state index contributed by atoms with van der Waals surface area (Å²) in [6, 6.07) is 2.34. The summed E-state index contributed by atoms with van der Waals surface area (Å²) in [7, 11) is -3.17. The Kier molecular flexibility index (Phi) is 4.21. The van der Waals surface area contributed by atoms with Gasteiger partial charge in [0.15, 0.2) is 0 Å². The van der Waals surface area contributed by atoms with Gasteiger partial charge in [-0.3, -0.25) is 0 Å². The second kappa shape index (κ2) is 4.67. The summed E-state index contributed by atoms with van der Waals surface area (Å²) in [5.74, 6) is 0. The summed E-state index contributed by atoms with van der Waals surface area (Å²) < 4.78 is 34.5. The van der Waals surface area contributed by atoms with E-state index in [0.29, 0.717) is 0 Å². The van der Waals surface area contributed by atoms with Crippen LogP contribution in [0.1, 0.15) is 0 Å². The molecule has 1 N–H and O–H groups in total. The van der Waals surface area contributed by atoms with E-state index in [0.717, 1.165) is 0 Å². The van der Waals surface area contributed by atoms with Crippen LogP contribution < -0.4 is 0 Å². The van der Waals surface area contributed by atoms with E-state index in [-0.39, 0.29) is 0 Å². The Balaban J connectivity index is 3.92. The Labute approximate surface area is 71.0 Å². The Morgan fingerprint density at radius 2 is 1.77 bits per heavy atom. The largest absolute Gasteiger partial charge is 0.603 e. The molecule has 0 saturated heterocycles. The number of hydrogen-bond acceptors (Lipinski definition) is 5. The minimum absolute atomic E-state index is 1.17. The fraction of sp³-hybridized carbons (Fsp3) is 0.500. The average molecular weight is 194 g/mol. The standard InChI is InChI=1S/C4H2BF3N2O3/c6-4(7,8)5(11)13-12-3(1-9)2-10/h3,11H. The zero-order chi connectivity index (χ0) is 10.5. The lowest BCUT2D eigenvalue weighted by Gasteiger charge is -2.09. The lowest BCUT2D eigenvalue weighted by atomic mass is 9.91. The molecule has 0 aromatic rings. The molecule has 0 fully saturated rings. The molecular weight excluding hydrogens is 192 g/mol. The molecule has 0 radical (unpaired) electrons. The average Bonchev–Trinajstić information content (AvgIpc) is 2.04. The summed E-state index contributed by atoms with van der Waals surface area (Å²) in [5.41, 5.74) is 0. The second-order valence-electron chi connectivity index (χ2n) is 1.72. The Morgan fingerprint density at radius 3 is 2.08 bits per heavy atom. The molecule has 0 aromatic heterocycles. The molecule has 70 valence electrons. The molecule has 5 nitrogen and oxygen atoms in total. The van der Waals surface area contributed by atoms with Crippen LogP contribution in [0.5, 0.6) is 0 Å². The van der Waals surface area contributed by atoms with Crippen LogP contribution >= 0.6 is 0 Å². The van der Waals surface area contributed by atoms with Crippen molar-refractivity contribution in [1.82, 2.24) is 0 Å². The van der Waals surface area contributed by atoms with Crippen LogP contribution in [-0.4, -0.2) is 24.3 Å². The Morgan fingerprint density at radius 1 is 1.31 bits per heavy atom. The van der Waals surface area contributed by atoms with Gasteiger partial charge in [-0.2, -0.15) is 23.7 Å². The van der Waals surface area contributed by atoms with E-state index in [1.54, 1.807) is 0 Å². The van der Waals surface area contributed by atoms with Crippen molar-refractivity contribution < 1.29 is 27.9 Å². The maximum atomic E-state index is 11.5. The number of alkyl halides is 3. The normalized spacial score (nSPS) is 10.7. The second-order valence-corrected chi connectivity index (χ2v) is 1.72. The van der Waals surface area contributed by atoms with E-state index in [4.69, 9.17) is 15.5 Å². The van der Waals surface area contributed by atoms with E-state index in [9.17, 15) is 13.2 Å². The van der Waals surface area contributed by atoms with E-state index < -0.39 is 19.3 Å². The molecule has 13 heavy (non-hydrogen) atoms. The molecule has 0 spiro atoms. The number of hydrogen-bond donors (Lipinski definition) is 1. The zero-order valence-electron chi connectivity index (χ0n) is 5.95. The van der Waals surface area contributed by atoms with Crippen LogP contribution in [-0.2, 0) is 9.69 Å². The van der Waals surface area contributed by atoms with Gasteiger partial charge in [-0.25, -0.2) is 9.69 Å². The van der Waals surface area contributed by atoms with E-state index in [2.05, 4.69) is 9.69 Å². The Bertz CT molecular complexity index is 230. The van der Waals surface area contributed by atoms with E-state index >= 15 is 0 Å². The molecule has 0 amide bonds. The van der Waals surface area contributed by atoms with Crippen molar-refractivity contribution >= 4 is 7.12 Å². The van der Waals surface area contributed by atoms with Crippen molar-refractivity contribution in [3.63, 3.8) is 0 Å². The van der Waals surface area contributed by atoms with Gasteiger partial charge in [-0.15, -0.1) is 0 Å². The van der Waals surface area contributed by atoms with Crippen molar-refractivity contribution in [3.8, 4) is 12.1 Å². The van der Waals surface area contributed by atoms with Crippen molar-refractivity contribution in [2.75, 3.05) is 0 Å². The third-order valence-corrected chi connectivity index (χ3v) is 0.757. The van der Waals surface area contributed by atoms with Crippen LogP contribution in [0.3, 0.4) is 0 Å². The molecule has 0 aliphatic rings. The molecule has 0 bridgehead atoms. The van der Waals surface area contributed by atoms with Gasteiger partial charge in [-0.05, 0) is 0 Å². The number of nitrogens with zero attached hydrogens (tertiary/aromatic N) is 2. The van der Waals surface area contributed by atoms with E-state index in [1.165, 1.54) is 12.1 Å². The van der Waals surface area contributed by atoms with Gasteiger partial charge >= 0.3 is 13.2 Å². The monoisotopic (exact) mass is 194 g/mol. The highest BCUT2D eigenvalue weighted by atomic mass is 19.4. The minimum atomic E-state index is -5.02. The maximum absolute atomic E-state index is 11.5. The topological polar surface area (TPSA) is 86.3 Å². The van der Waals surface area contributed by atoms with Gasteiger partial charge in [0.25, 0.3) is 6.10 Å². The SMILES string of the molecule is N#CC(C#N)OOB(O)C(F)(F)F. The third kappa shape index (κ3) is 4.33. The van der Waals surface area contributed by atoms with Crippen LogP contribution in [0.2, 0.25) is 0 Å². The predicted octanol–water partition coefficient (Wildman–Crippen LogP) is -0.0676. The zero-order valence-corrected chi connectivity index (χ0v) is 5.95. The van der Waals surface area contributed by atoms with Crippen LogP contribution in [0.15, 0.2) is 0 Å². The summed E-state index contributed by atoms with van der Waals surface area (Å²) in [6.07, 6.45) is -6.83. The molecule has 0 atom stereocenters. The Hall–Kier alpha value is -1.29. The van der Waals surface area contributed by atoms with Crippen LogP contribution in [0.4, 0.5) is 13.2 Å². The molecule has 0 aromatic carbocycles. The van der Waals surface area contributed by atoms with Crippen molar-refractivity contribution in [2.24, 2.45) is 0 Å². The van der Waals surface area contributed by atoms with Crippen LogP contribution in [0.25, 0.3) is 0 Å². The highest BCUT2D eigenvalue weighted by Gasteiger charge is 2.48. The molecule has 0 heterocycles. The summed E-state index contributed by atoms with van der Waals surface area (Å²) >= 11 is 0. The molecule has 0 aliphatic carbocycles. The number of halogens is 3. The smallest absolute Gasteiger partial charge is 0.419 e. The van der Waals surface area contributed by atoms with E-state index in [1.807, 2.05) is 0 Å². The first-order chi connectivity index (χ1) is 5.91. The van der Waals surface area contributed by atoms with Gasteiger partial charge in [0.05, 0.1) is 0 Å². The summed E-state index contributed by atoms with van der Waals surface area (Å²) in [6.45, 7) is 0. The van der Waals surface area contributed by atoms with Gasteiger partial charge in [0.2, 0.25) is 0 Å². The lowest BCUT2D eigenvalue weighted by molar-refractivity contribution is -0.251. The van der Waals surface area contributed by atoms with Crippen molar-refractivity contribution in [3.05, 3.63) is 0 Å². The fourth-order valence-corrected chi connectivity index (χ4v) is 0.235. The molecular formula is C4H2BF3N2O3. The van der Waals surface area contributed by atoms with Gasteiger partial charge < -0.3 is 5.02 Å². The quantitative estimate of drug-likeness (QED) is 0.386. The van der Waals surface area contributed by atoms with Crippen molar-refractivity contribution in [1.29, 1.82) is 10.5 Å². The van der Waals surface area contributed by atoms with Crippen LogP contribution in [0, 0.1) is 22.7 Å². The first-order valence-electron chi connectivity index (χ1n) is 2.78. The molecule has 9 heteroatoms. The highest BCUT2D eigenvalue weighted by Crippen LogP contribution is 2.18. The maximum Gasteiger partial charge on any atom is 0.603 e. The lowest BCUT2D eigenvalue weighted by Crippen LogP contribution is -2.37. The molecule has 0 saturated carbocycles. The summed E-state index contributed by atoms with van der Waals surface area (Å²) in [5, 5.41) is 24.1. The number of rotatable bonds is 3. The van der Waals surface area contributed by atoms with Crippen molar-refractivity contribution in [2.45, 2.75) is 12.2 Å². The summed E-state index contributed by atoms with van der Waals surface area (Å²) in [4.78, 5) is 6.97. The highest BCUT2D eigenvalue weighted by molar-refractivity contribution is 6.44. The van der Waals surface area contributed by atoms with Gasteiger partial charge in [0.1, 0.15) is 12.1 Å². The molecule has 0 rings (SSSR count). The fourth-order valence-electron chi connectivity index (χ4n) is 0.235. The predicted molar refractivity (Wildman–Crippen MR) is 31.2 cm³/mol.